The fraction of sp³-hybridized carbons (Fsp3) is 0.158. The van der Waals surface area contributed by atoms with Gasteiger partial charge in [0.25, 0.3) is 17.5 Å². The summed E-state index contributed by atoms with van der Waals surface area (Å²) in [4.78, 5) is 57.1. The summed E-state index contributed by atoms with van der Waals surface area (Å²) in [6.45, 7) is -0.624. The summed E-state index contributed by atoms with van der Waals surface area (Å²) in [5, 5.41) is 18.0. The van der Waals surface area contributed by atoms with Crippen molar-refractivity contribution in [3.05, 3.63) is 69.8 Å². The molecule has 0 aliphatic heterocycles. The average Bonchev–Trinajstić information content (AvgIpc) is 2.76. The number of ether oxygens (including phenoxy) is 1. The van der Waals surface area contributed by atoms with Gasteiger partial charge >= 0.3 is 5.97 Å². The van der Waals surface area contributed by atoms with Crippen LogP contribution in [-0.2, 0) is 14.3 Å². The molecule has 2 aromatic carbocycles. The first-order valence-corrected chi connectivity index (χ1v) is 8.57. The van der Waals surface area contributed by atoms with E-state index in [0.717, 1.165) is 6.07 Å². The first-order valence-electron chi connectivity index (χ1n) is 8.57. The highest BCUT2D eigenvalue weighted by Gasteiger charge is 2.13. The monoisotopic (exact) mass is 414 g/mol. The first kappa shape index (κ1) is 22.0. The van der Waals surface area contributed by atoms with Gasteiger partial charge in [0.05, 0.1) is 18.6 Å². The van der Waals surface area contributed by atoms with E-state index in [1.165, 1.54) is 49.6 Å². The number of methoxy groups -OCH3 is 1. The second-order valence-corrected chi connectivity index (χ2v) is 5.87. The number of nitro benzene ring substituents is 1. The Morgan fingerprint density at radius 1 is 0.933 bits per heavy atom. The maximum atomic E-state index is 12.0. The molecule has 0 aliphatic rings. The molecule has 3 N–H and O–H groups in total. The Hall–Kier alpha value is -4.28. The van der Waals surface area contributed by atoms with Gasteiger partial charge in [-0.25, -0.2) is 0 Å². The number of nitro groups is 1. The number of carbonyl (C=O) groups is 4. The fourth-order valence-corrected chi connectivity index (χ4v) is 2.26. The van der Waals surface area contributed by atoms with Gasteiger partial charge < -0.3 is 20.7 Å². The molecule has 0 bridgehead atoms. The van der Waals surface area contributed by atoms with Gasteiger partial charge in [0, 0.05) is 28.9 Å². The molecule has 0 saturated carbocycles. The number of hydrogen-bond acceptors (Lipinski definition) is 7. The van der Waals surface area contributed by atoms with Gasteiger partial charge in [0.2, 0.25) is 5.91 Å². The average molecular weight is 414 g/mol. The summed E-state index contributed by atoms with van der Waals surface area (Å²) in [5.74, 6) is -2.23. The van der Waals surface area contributed by atoms with E-state index < -0.39 is 28.6 Å². The molecule has 0 radical (unpaired) electrons. The standard InChI is InChI=1S/C19H18N4O7/c1-30-17(25)11-21-18(26)12-5-7-14(8-6-12)22-16(24)10-20-19(27)13-3-2-4-15(9-13)23(28)29/h2-9H,10-11H2,1H3,(H,20,27)(H,21,26)(H,22,24). The van der Waals surface area contributed by atoms with Gasteiger partial charge in [0.15, 0.2) is 0 Å². The molecule has 0 saturated heterocycles. The summed E-state index contributed by atoms with van der Waals surface area (Å²) >= 11 is 0. The minimum absolute atomic E-state index is 0.0549. The maximum absolute atomic E-state index is 12.0. The molecular weight excluding hydrogens is 396 g/mol. The van der Waals surface area contributed by atoms with Crippen LogP contribution in [0.5, 0.6) is 0 Å². The predicted octanol–water partition coefficient (Wildman–Crippen LogP) is 0.866. The van der Waals surface area contributed by atoms with Crippen LogP contribution in [0.25, 0.3) is 0 Å². The number of esters is 1. The lowest BCUT2D eigenvalue weighted by Crippen LogP contribution is -2.33. The third-order valence-electron chi connectivity index (χ3n) is 3.78. The summed E-state index contributed by atoms with van der Waals surface area (Å²) in [7, 11) is 1.21. The maximum Gasteiger partial charge on any atom is 0.325 e. The van der Waals surface area contributed by atoms with Gasteiger partial charge in [-0.1, -0.05) is 6.07 Å². The zero-order valence-electron chi connectivity index (χ0n) is 15.8. The first-order chi connectivity index (χ1) is 14.3. The summed E-state index contributed by atoms with van der Waals surface area (Å²) < 4.78 is 4.42. The molecule has 2 rings (SSSR count). The van der Waals surface area contributed by atoms with Crippen molar-refractivity contribution in [1.82, 2.24) is 10.6 Å². The van der Waals surface area contributed by atoms with Crippen LogP contribution in [0.1, 0.15) is 20.7 Å². The number of nitrogens with zero attached hydrogens (tertiary/aromatic N) is 1. The van der Waals surface area contributed by atoms with Crippen molar-refractivity contribution in [2.24, 2.45) is 0 Å². The summed E-state index contributed by atoms with van der Waals surface area (Å²) in [6.07, 6.45) is 0. The van der Waals surface area contributed by atoms with Crippen LogP contribution in [0.2, 0.25) is 0 Å². The zero-order valence-corrected chi connectivity index (χ0v) is 15.8. The van der Waals surface area contributed by atoms with Crippen LogP contribution < -0.4 is 16.0 Å². The van der Waals surface area contributed by atoms with Crippen LogP contribution in [0.4, 0.5) is 11.4 Å². The van der Waals surface area contributed by atoms with Crippen LogP contribution in [0.3, 0.4) is 0 Å². The fourth-order valence-electron chi connectivity index (χ4n) is 2.26. The van der Waals surface area contributed by atoms with Crippen molar-refractivity contribution in [1.29, 1.82) is 0 Å². The second kappa shape index (κ2) is 10.3. The van der Waals surface area contributed by atoms with Crippen molar-refractivity contribution in [2.45, 2.75) is 0 Å². The normalized spacial score (nSPS) is 9.90. The molecule has 3 amide bonds. The number of nitrogens with one attached hydrogen (secondary N) is 3. The molecule has 2 aromatic rings. The molecule has 0 heterocycles. The van der Waals surface area contributed by atoms with Crippen LogP contribution >= 0.6 is 0 Å². The topological polar surface area (TPSA) is 157 Å². The van der Waals surface area contributed by atoms with Gasteiger partial charge in [-0.3, -0.25) is 29.3 Å². The zero-order chi connectivity index (χ0) is 22.1. The van der Waals surface area contributed by atoms with E-state index in [9.17, 15) is 29.3 Å². The minimum Gasteiger partial charge on any atom is -0.468 e. The van der Waals surface area contributed by atoms with Gasteiger partial charge in [0.1, 0.15) is 6.54 Å². The molecule has 0 aromatic heterocycles. The Kier molecular flexibility index (Phi) is 7.57. The van der Waals surface area contributed by atoms with E-state index in [1.54, 1.807) is 0 Å². The minimum atomic E-state index is -0.633. The molecule has 11 heteroatoms. The largest absolute Gasteiger partial charge is 0.468 e. The van der Waals surface area contributed by atoms with E-state index in [0.29, 0.717) is 5.69 Å². The van der Waals surface area contributed by atoms with E-state index in [2.05, 4.69) is 20.7 Å². The van der Waals surface area contributed by atoms with Gasteiger partial charge in [-0.15, -0.1) is 0 Å². The van der Waals surface area contributed by atoms with Crippen molar-refractivity contribution in [2.75, 3.05) is 25.5 Å². The number of non-ortho nitro benzene ring substituents is 1. The molecule has 0 atom stereocenters. The Morgan fingerprint density at radius 3 is 2.20 bits per heavy atom. The summed E-state index contributed by atoms with van der Waals surface area (Å²) in [6, 6.07) is 11.0. The SMILES string of the molecule is COC(=O)CNC(=O)c1ccc(NC(=O)CNC(=O)c2cccc([N+](=O)[O-])c2)cc1. The van der Waals surface area contributed by atoms with E-state index in [-0.39, 0.29) is 29.9 Å². The Labute approximate surface area is 170 Å². The number of benzene rings is 2. The third-order valence-corrected chi connectivity index (χ3v) is 3.78. The number of rotatable bonds is 8. The summed E-state index contributed by atoms with van der Waals surface area (Å²) in [5.41, 5.74) is 0.479. The quantitative estimate of drug-likeness (QED) is 0.328. The van der Waals surface area contributed by atoms with Crippen molar-refractivity contribution < 1.29 is 28.8 Å². The number of carbonyl (C=O) groups excluding carboxylic acids is 4. The lowest BCUT2D eigenvalue weighted by molar-refractivity contribution is -0.384. The van der Waals surface area contributed by atoms with Gasteiger partial charge in [-0.2, -0.15) is 0 Å². The third kappa shape index (κ3) is 6.41. The number of hydrogen-bond donors (Lipinski definition) is 3. The lowest BCUT2D eigenvalue weighted by Gasteiger charge is -2.08. The van der Waals surface area contributed by atoms with E-state index in [1.807, 2.05) is 0 Å². The highest BCUT2D eigenvalue weighted by molar-refractivity contribution is 6.00. The molecular formula is C19H18N4O7. The molecule has 0 aliphatic carbocycles. The number of amides is 3. The van der Waals surface area contributed by atoms with E-state index >= 15 is 0 Å². The smallest absolute Gasteiger partial charge is 0.325 e. The van der Waals surface area contributed by atoms with Crippen molar-refractivity contribution >= 4 is 35.1 Å². The Bertz CT molecular complexity index is 973. The van der Waals surface area contributed by atoms with Crippen LogP contribution in [-0.4, -0.2) is 48.8 Å². The molecule has 0 unspecified atom stereocenters. The van der Waals surface area contributed by atoms with Gasteiger partial charge in [-0.05, 0) is 30.3 Å². The molecule has 11 nitrogen and oxygen atoms in total. The highest BCUT2D eigenvalue weighted by Crippen LogP contribution is 2.13. The lowest BCUT2D eigenvalue weighted by atomic mass is 10.2. The molecule has 0 fully saturated rings. The molecule has 30 heavy (non-hydrogen) atoms. The predicted molar refractivity (Wildman–Crippen MR) is 105 cm³/mol. The van der Waals surface area contributed by atoms with Crippen LogP contribution in [0, 0.1) is 10.1 Å². The highest BCUT2D eigenvalue weighted by atomic mass is 16.6. The Balaban J connectivity index is 1.85. The molecule has 0 spiro atoms. The second-order valence-electron chi connectivity index (χ2n) is 5.87. The molecule has 156 valence electrons. The number of anilines is 1. The Morgan fingerprint density at radius 2 is 1.57 bits per heavy atom. The van der Waals surface area contributed by atoms with Crippen LogP contribution in [0.15, 0.2) is 48.5 Å². The van der Waals surface area contributed by atoms with E-state index in [4.69, 9.17) is 0 Å². The van der Waals surface area contributed by atoms with Crippen molar-refractivity contribution in [3.63, 3.8) is 0 Å². The van der Waals surface area contributed by atoms with Crippen molar-refractivity contribution in [3.8, 4) is 0 Å².